The third-order valence-corrected chi connectivity index (χ3v) is 5.90. The zero-order chi connectivity index (χ0) is 21.2. The molecule has 8 heteroatoms. The Hall–Kier alpha value is -2.97. The molecular weight excluding hydrogens is 394 g/mol. The molecule has 0 saturated carbocycles. The summed E-state index contributed by atoms with van der Waals surface area (Å²) in [5.74, 6) is -1.03. The molecule has 0 unspecified atom stereocenters. The van der Waals surface area contributed by atoms with Crippen molar-refractivity contribution in [1.82, 2.24) is 4.72 Å². The fourth-order valence-corrected chi connectivity index (χ4v) is 4.12. The van der Waals surface area contributed by atoms with E-state index in [1.807, 2.05) is 12.1 Å². The van der Waals surface area contributed by atoms with E-state index in [9.17, 15) is 18.0 Å². The number of aryl methyl sites for hydroxylation is 1. The molecule has 0 aliphatic heterocycles. The molecule has 0 radical (unpaired) electrons. The van der Waals surface area contributed by atoms with E-state index in [1.54, 1.807) is 32.9 Å². The summed E-state index contributed by atoms with van der Waals surface area (Å²) in [7, 11) is -3.65. The highest BCUT2D eigenvalue weighted by Crippen LogP contribution is 2.25. The second kappa shape index (κ2) is 8.18. The van der Waals surface area contributed by atoms with Crippen molar-refractivity contribution in [2.24, 2.45) is 0 Å². The summed E-state index contributed by atoms with van der Waals surface area (Å²) in [5.41, 5.74) is 1.42. The van der Waals surface area contributed by atoms with Crippen LogP contribution in [0, 0.1) is 6.92 Å². The lowest BCUT2D eigenvalue weighted by Crippen LogP contribution is -2.30. The van der Waals surface area contributed by atoms with Crippen molar-refractivity contribution in [3.05, 3.63) is 65.4 Å². The second-order valence-electron chi connectivity index (χ2n) is 6.85. The lowest BCUT2D eigenvalue weighted by molar-refractivity contribution is 0.0468. The minimum Gasteiger partial charge on any atom is -0.454 e. The van der Waals surface area contributed by atoms with Crippen molar-refractivity contribution in [3.8, 4) is 0 Å². The molecule has 0 amide bonds. The van der Waals surface area contributed by atoms with Crippen molar-refractivity contribution >= 4 is 32.7 Å². The minimum atomic E-state index is -3.65. The maximum absolute atomic E-state index is 12.4. The number of hydrogen-bond acceptors (Lipinski definition) is 6. The van der Waals surface area contributed by atoms with Crippen LogP contribution in [0.3, 0.4) is 0 Å². The molecule has 0 fully saturated rings. The summed E-state index contributed by atoms with van der Waals surface area (Å²) in [6.07, 6.45) is 0. The van der Waals surface area contributed by atoms with Gasteiger partial charge in [0.15, 0.2) is 12.4 Å². The van der Waals surface area contributed by atoms with E-state index in [0.717, 1.165) is 5.39 Å². The molecule has 7 nitrogen and oxygen atoms in total. The van der Waals surface area contributed by atoms with E-state index < -0.39 is 28.4 Å². The molecule has 0 aliphatic carbocycles. The van der Waals surface area contributed by atoms with Crippen LogP contribution in [0.1, 0.15) is 40.3 Å². The van der Waals surface area contributed by atoms with Gasteiger partial charge in [0.25, 0.3) is 0 Å². The normalized spacial score (nSPS) is 11.7. The maximum atomic E-state index is 12.4. The maximum Gasteiger partial charge on any atom is 0.338 e. The first-order valence-electron chi connectivity index (χ1n) is 9.00. The number of esters is 1. The van der Waals surface area contributed by atoms with Crippen LogP contribution >= 0.6 is 0 Å². The van der Waals surface area contributed by atoms with Gasteiger partial charge in [-0.05, 0) is 51.1 Å². The van der Waals surface area contributed by atoms with Gasteiger partial charge in [-0.15, -0.1) is 0 Å². The summed E-state index contributed by atoms with van der Waals surface area (Å²) in [6.45, 7) is 4.72. The fraction of sp³-hybridized carbons (Fsp3) is 0.238. The van der Waals surface area contributed by atoms with Crippen molar-refractivity contribution in [3.63, 3.8) is 0 Å². The predicted octanol–water partition coefficient (Wildman–Crippen LogP) is 3.47. The van der Waals surface area contributed by atoms with Crippen LogP contribution in [-0.4, -0.2) is 32.8 Å². The van der Waals surface area contributed by atoms with Gasteiger partial charge in [-0.1, -0.05) is 18.2 Å². The van der Waals surface area contributed by atoms with Gasteiger partial charge in [-0.2, -0.15) is 0 Å². The summed E-state index contributed by atoms with van der Waals surface area (Å²) < 4.78 is 37.3. The summed E-state index contributed by atoms with van der Waals surface area (Å²) in [5, 5.41) is 0.828. The highest BCUT2D eigenvalue weighted by molar-refractivity contribution is 7.89. The van der Waals surface area contributed by atoms with Gasteiger partial charge in [0, 0.05) is 17.0 Å². The molecule has 1 N–H and O–H groups in total. The van der Waals surface area contributed by atoms with Crippen LogP contribution in [0.4, 0.5) is 0 Å². The van der Waals surface area contributed by atoms with E-state index in [1.165, 1.54) is 24.3 Å². The SMILES string of the molecule is Cc1c(C(=O)COC(=O)c2ccc(S(=O)(=O)NC(C)C)cc2)oc2ccccc12. The van der Waals surface area contributed by atoms with Crippen molar-refractivity contribution in [2.75, 3.05) is 6.61 Å². The van der Waals surface area contributed by atoms with Crippen LogP contribution in [0.25, 0.3) is 11.0 Å². The average Bonchev–Trinajstić information content (AvgIpc) is 3.02. The molecule has 3 aromatic rings. The first kappa shape index (κ1) is 20.8. The van der Waals surface area contributed by atoms with Gasteiger partial charge in [0.1, 0.15) is 5.58 Å². The predicted molar refractivity (Wildman–Crippen MR) is 107 cm³/mol. The minimum absolute atomic E-state index is 0.0386. The lowest BCUT2D eigenvalue weighted by atomic mass is 10.1. The lowest BCUT2D eigenvalue weighted by Gasteiger charge is -2.10. The number of furan rings is 1. The van der Waals surface area contributed by atoms with Gasteiger partial charge < -0.3 is 9.15 Å². The number of nitrogens with one attached hydrogen (secondary N) is 1. The van der Waals surface area contributed by atoms with Gasteiger partial charge in [-0.25, -0.2) is 17.9 Å². The van der Waals surface area contributed by atoms with E-state index >= 15 is 0 Å². The number of para-hydroxylation sites is 1. The Labute approximate surface area is 168 Å². The van der Waals surface area contributed by atoms with Gasteiger partial charge in [-0.3, -0.25) is 4.79 Å². The molecule has 0 atom stereocenters. The van der Waals surface area contributed by atoms with Crippen LogP contribution in [0.15, 0.2) is 57.8 Å². The molecular formula is C21H21NO6S. The quantitative estimate of drug-likeness (QED) is 0.468. The van der Waals surface area contributed by atoms with Crippen molar-refractivity contribution in [1.29, 1.82) is 0 Å². The molecule has 1 heterocycles. The monoisotopic (exact) mass is 415 g/mol. The topological polar surface area (TPSA) is 103 Å². The molecule has 0 saturated heterocycles. The third-order valence-electron chi connectivity index (χ3n) is 4.22. The van der Waals surface area contributed by atoms with Gasteiger partial charge in [0.05, 0.1) is 10.5 Å². The Bertz CT molecular complexity index is 1160. The largest absolute Gasteiger partial charge is 0.454 e. The number of carbonyl (C=O) groups is 2. The zero-order valence-corrected chi connectivity index (χ0v) is 17.1. The third kappa shape index (κ3) is 4.55. The number of benzene rings is 2. The van der Waals surface area contributed by atoms with Gasteiger partial charge >= 0.3 is 5.97 Å². The summed E-state index contributed by atoms with van der Waals surface area (Å²) >= 11 is 0. The van der Waals surface area contributed by atoms with E-state index in [0.29, 0.717) is 11.1 Å². The number of rotatable bonds is 7. The van der Waals surface area contributed by atoms with Crippen molar-refractivity contribution in [2.45, 2.75) is 31.7 Å². The van der Waals surface area contributed by atoms with Crippen LogP contribution < -0.4 is 4.72 Å². The molecule has 152 valence electrons. The smallest absolute Gasteiger partial charge is 0.338 e. The van der Waals surface area contributed by atoms with Crippen LogP contribution in [0.5, 0.6) is 0 Å². The Morgan fingerprint density at radius 1 is 1.07 bits per heavy atom. The fourth-order valence-electron chi connectivity index (χ4n) is 2.87. The second-order valence-corrected chi connectivity index (χ2v) is 8.57. The van der Waals surface area contributed by atoms with Gasteiger partial charge in [0.2, 0.25) is 15.8 Å². The van der Waals surface area contributed by atoms with E-state index in [4.69, 9.17) is 9.15 Å². The molecule has 1 aromatic heterocycles. The molecule has 0 aliphatic rings. The Balaban J connectivity index is 1.67. The summed E-state index contributed by atoms with van der Waals surface area (Å²) in [6, 6.07) is 12.3. The van der Waals surface area contributed by atoms with Crippen molar-refractivity contribution < 1.29 is 27.2 Å². The molecule has 0 spiro atoms. The number of ether oxygens (including phenoxy) is 1. The first-order valence-corrected chi connectivity index (χ1v) is 10.5. The molecule has 2 aromatic carbocycles. The number of hydrogen-bond donors (Lipinski definition) is 1. The number of ketones is 1. The van der Waals surface area contributed by atoms with Crippen LogP contribution in [-0.2, 0) is 14.8 Å². The zero-order valence-electron chi connectivity index (χ0n) is 16.3. The number of sulfonamides is 1. The molecule has 3 rings (SSSR count). The first-order chi connectivity index (χ1) is 13.7. The Morgan fingerprint density at radius 3 is 2.34 bits per heavy atom. The Kier molecular flexibility index (Phi) is 5.86. The van der Waals surface area contributed by atoms with E-state index in [-0.39, 0.29) is 22.3 Å². The average molecular weight is 415 g/mol. The Morgan fingerprint density at radius 2 is 1.72 bits per heavy atom. The highest BCUT2D eigenvalue weighted by Gasteiger charge is 2.20. The number of fused-ring (bicyclic) bond motifs is 1. The molecule has 0 bridgehead atoms. The highest BCUT2D eigenvalue weighted by atomic mass is 32.2. The summed E-state index contributed by atoms with van der Waals surface area (Å²) in [4.78, 5) is 24.6. The van der Waals surface area contributed by atoms with Crippen LogP contribution in [0.2, 0.25) is 0 Å². The number of carbonyl (C=O) groups excluding carboxylic acids is 2. The van der Waals surface area contributed by atoms with E-state index in [2.05, 4.69) is 4.72 Å². The molecule has 29 heavy (non-hydrogen) atoms. The standard InChI is InChI=1S/C21H21NO6S/c1-13(2)22-29(25,26)16-10-8-15(9-11-16)21(24)27-12-18(23)20-14(3)17-6-4-5-7-19(17)28-20/h4-11,13,22H,12H2,1-3H3. The number of Topliss-reactive ketones (excluding diaryl/α,β-unsaturated/α-hetero) is 1.